The zero-order valence-corrected chi connectivity index (χ0v) is 14.5. The number of hydrogen-bond donors (Lipinski definition) is 1. The minimum Gasteiger partial charge on any atom is -0.422 e. The summed E-state index contributed by atoms with van der Waals surface area (Å²) in [6, 6.07) is 15.6. The Balaban J connectivity index is 1.87. The predicted octanol–water partition coefficient (Wildman–Crippen LogP) is 4.56. The molecule has 0 bridgehead atoms. The number of carbonyl (C=O) groups is 1. The fourth-order valence-corrected chi connectivity index (χ4v) is 3.14. The van der Waals surface area contributed by atoms with E-state index in [-0.39, 0.29) is 5.91 Å². The molecule has 1 amide bonds. The average molecular weight is 365 g/mol. The minimum atomic E-state index is -0.451. The lowest BCUT2D eigenvalue weighted by Gasteiger charge is -2.10. The van der Waals surface area contributed by atoms with Gasteiger partial charge in [-0.3, -0.25) is 4.79 Å². The number of para-hydroxylation sites is 1. The summed E-state index contributed by atoms with van der Waals surface area (Å²) in [5.41, 5.74) is 1.51. The van der Waals surface area contributed by atoms with Crippen molar-refractivity contribution >= 4 is 45.2 Å². The maximum absolute atomic E-state index is 12.5. The number of halogens is 1. The molecule has 128 valence electrons. The first-order valence-corrected chi connectivity index (χ1v) is 8.31. The van der Waals surface area contributed by atoms with Gasteiger partial charge in [0.2, 0.25) is 0 Å². The van der Waals surface area contributed by atoms with Crippen LogP contribution >= 0.6 is 11.6 Å². The Morgan fingerprint density at radius 1 is 1.12 bits per heavy atom. The first-order chi connectivity index (χ1) is 12.5. The predicted molar refractivity (Wildman–Crippen MR) is 102 cm³/mol. The highest BCUT2D eigenvalue weighted by Gasteiger charge is 2.15. The van der Waals surface area contributed by atoms with Crippen molar-refractivity contribution in [3.63, 3.8) is 0 Å². The Labute approximate surface area is 153 Å². The zero-order valence-electron chi connectivity index (χ0n) is 13.7. The number of nitrogens with one attached hydrogen (secondary N) is 1. The van der Waals surface area contributed by atoms with Crippen molar-refractivity contribution in [2.24, 2.45) is 0 Å². The molecule has 2 aromatic carbocycles. The maximum Gasteiger partial charge on any atom is 0.346 e. The number of aryl methyl sites for hydroxylation is 1. The van der Waals surface area contributed by atoms with Crippen LogP contribution in [0.15, 0.2) is 63.8 Å². The van der Waals surface area contributed by atoms with Crippen molar-refractivity contribution in [2.75, 3.05) is 5.32 Å². The van der Waals surface area contributed by atoms with Gasteiger partial charge < -0.3 is 9.73 Å². The van der Waals surface area contributed by atoms with E-state index in [1.54, 1.807) is 49.4 Å². The van der Waals surface area contributed by atoms with Gasteiger partial charge in [-0.05, 0) is 42.8 Å². The van der Waals surface area contributed by atoms with Gasteiger partial charge in [-0.15, -0.1) is 0 Å². The van der Waals surface area contributed by atoms with Crippen LogP contribution in [0.2, 0.25) is 5.02 Å². The van der Waals surface area contributed by atoms with Gasteiger partial charge in [0, 0.05) is 5.39 Å². The molecule has 0 atom stereocenters. The molecule has 0 fully saturated rings. The van der Waals surface area contributed by atoms with Gasteiger partial charge in [-0.2, -0.15) is 0 Å². The SMILES string of the molecule is Cc1cc(NC(=O)c2ccccc2Cl)nc2c1c(=O)oc1ccccc12. The number of nitrogens with zero attached hydrogens (tertiary/aromatic N) is 1. The standard InChI is InChI=1S/C20H13ClN2O3/c1-11-10-16(23-19(24)12-6-2-4-8-14(12)21)22-18-13-7-3-5-9-15(13)26-20(25)17(11)18/h2-10H,1H3,(H,22,23,24). The topological polar surface area (TPSA) is 72.2 Å². The number of aromatic nitrogens is 1. The molecule has 0 saturated carbocycles. The number of benzene rings is 2. The molecule has 1 N–H and O–H groups in total. The molecule has 0 spiro atoms. The van der Waals surface area contributed by atoms with Crippen molar-refractivity contribution in [1.82, 2.24) is 4.98 Å². The van der Waals surface area contributed by atoms with Crippen LogP contribution in [-0.2, 0) is 0 Å². The second-order valence-electron chi connectivity index (χ2n) is 5.87. The lowest BCUT2D eigenvalue weighted by Crippen LogP contribution is -2.14. The molecule has 6 heteroatoms. The van der Waals surface area contributed by atoms with E-state index in [4.69, 9.17) is 16.0 Å². The summed E-state index contributed by atoms with van der Waals surface area (Å²) in [6.45, 7) is 1.78. The first kappa shape index (κ1) is 16.3. The fourth-order valence-electron chi connectivity index (χ4n) is 2.92. The summed E-state index contributed by atoms with van der Waals surface area (Å²) in [4.78, 5) is 29.3. The number of hydrogen-bond acceptors (Lipinski definition) is 4. The average Bonchev–Trinajstić information content (AvgIpc) is 2.61. The van der Waals surface area contributed by atoms with E-state index < -0.39 is 5.63 Å². The third-order valence-electron chi connectivity index (χ3n) is 4.13. The summed E-state index contributed by atoms with van der Waals surface area (Å²) in [7, 11) is 0. The Kier molecular flexibility index (Phi) is 3.93. The van der Waals surface area contributed by atoms with Gasteiger partial charge in [0.05, 0.1) is 21.5 Å². The Morgan fingerprint density at radius 2 is 1.85 bits per heavy atom. The summed E-state index contributed by atoms with van der Waals surface area (Å²) in [6.07, 6.45) is 0. The molecule has 0 aliphatic heterocycles. The summed E-state index contributed by atoms with van der Waals surface area (Å²) in [5, 5.41) is 4.21. The number of amides is 1. The van der Waals surface area contributed by atoms with Crippen molar-refractivity contribution in [2.45, 2.75) is 6.92 Å². The van der Waals surface area contributed by atoms with Crippen molar-refractivity contribution < 1.29 is 9.21 Å². The molecule has 5 nitrogen and oxygen atoms in total. The van der Waals surface area contributed by atoms with Crippen LogP contribution in [-0.4, -0.2) is 10.9 Å². The second-order valence-corrected chi connectivity index (χ2v) is 6.27. The molecule has 0 aliphatic rings. The molecule has 2 aromatic heterocycles. The molecule has 4 aromatic rings. The summed E-state index contributed by atoms with van der Waals surface area (Å²) >= 11 is 6.08. The Bertz CT molecular complexity index is 1230. The maximum atomic E-state index is 12.5. The number of anilines is 1. The Hall–Kier alpha value is -3.18. The van der Waals surface area contributed by atoms with E-state index in [2.05, 4.69) is 10.3 Å². The highest BCUT2D eigenvalue weighted by atomic mass is 35.5. The van der Waals surface area contributed by atoms with E-state index in [1.165, 1.54) is 0 Å². The van der Waals surface area contributed by atoms with Crippen LogP contribution in [0.4, 0.5) is 5.82 Å². The largest absolute Gasteiger partial charge is 0.422 e. The molecule has 0 aliphatic carbocycles. The van der Waals surface area contributed by atoms with E-state index >= 15 is 0 Å². The molecule has 0 saturated heterocycles. The number of rotatable bonds is 2. The van der Waals surface area contributed by atoms with Crippen LogP contribution in [0.3, 0.4) is 0 Å². The van der Waals surface area contributed by atoms with Gasteiger partial charge in [-0.25, -0.2) is 9.78 Å². The number of pyridine rings is 1. The van der Waals surface area contributed by atoms with E-state index in [1.807, 2.05) is 12.1 Å². The molecule has 0 radical (unpaired) electrons. The Morgan fingerprint density at radius 3 is 2.65 bits per heavy atom. The quantitative estimate of drug-likeness (QED) is 0.418. The smallest absolute Gasteiger partial charge is 0.346 e. The first-order valence-electron chi connectivity index (χ1n) is 7.93. The van der Waals surface area contributed by atoms with Crippen molar-refractivity contribution in [1.29, 1.82) is 0 Å². The van der Waals surface area contributed by atoms with E-state index in [0.717, 1.165) is 0 Å². The lowest BCUT2D eigenvalue weighted by atomic mass is 10.1. The monoisotopic (exact) mass is 364 g/mol. The highest BCUT2D eigenvalue weighted by Crippen LogP contribution is 2.25. The van der Waals surface area contributed by atoms with Crippen LogP contribution in [0.5, 0.6) is 0 Å². The second kappa shape index (κ2) is 6.28. The van der Waals surface area contributed by atoms with Crippen LogP contribution in [0, 0.1) is 6.92 Å². The van der Waals surface area contributed by atoms with Crippen LogP contribution in [0.1, 0.15) is 15.9 Å². The number of carbonyl (C=O) groups excluding carboxylic acids is 1. The van der Waals surface area contributed by atoms with Crippen molar-refractivity contribution in [3.05, 3.63) is 81.2 Å². The number of fused-ring (bicyclic) bond motifs is 3. The molecular formula is C20H13ClN2O3. The molecular weight excluding hydrogens is 352 g/mol. The van der Waals surface area contributed by atoms with Gasteiger partial charge in [0.25, 0.3) is 5.91 Å². The van der Waals surface area contributed by atoms with Gasteiger partial charge >= 0.3 is 5.63 Å². The third kappa shape index (κ3) is 2.72. The fraction of sp³-hybridized carbons (Fsp3) is 0.0500. The highest BCUT2D eigenvalue weighted by molar-refractivity contribution is 6.34. The summed E-state index contributed by atoms with van der Waals surface area (Å²) < 4.78 is 5.36. The van der Waals surface area contributed by atoms with Gasteiger partial charge in [-0.1, -0.05) is 35.9 Å². The molecule has 4 rings (SSSR count). The van der Waals surface area contributed by atoms with E-state index in [9.17, 15) is 9.59 Å². The van der Waals surface area contributed by atoms with E-state index in [0.29, 0.717) is 43.8 Å². The zero-order chi connectivity index (χ0) is 18.3. The van der Waals surface area contributed by atoms with Gasteiger partial charge in [0.15, 0.2) is 0 Å². The van der Waals surface area contributed by atoms with Crippen LogP contribution in [0.25, 0.3) is 21.9 Å². The summed E-state index contributed by atoms with van der Waals surface area (Å²) in [5.74, 6) is -0.0233. The van der Waals surface area contributed by atoms with Crippen LogP contribution < -0.4 is 10.9 Å². The molecule has 26 heavy (non-hydrogen) atoms. The molecule has 2 heterocycles. The van der Waals surface area contributed by atoms with Crippen molar-refractivity contribution in [3.8, 4) is 0 Å². The minimum absolute atomic E-state index is 0.343. The normalized spacial score (nSPS) is 11.0. The third-order valence-corrected chi connectivity index (χ3v) is 4.46. The molecule has 0 unspecified atom stereocenters. The lowest BCUT2D eigenvalue weighted by molar-refractivity contribution is 0.102. The van der Waals surface area contributed by atoms with Gasteiger partial charge in [0.1, 0.15) is 11.4 Å².